The van der Waals surface area contributed by atoms with Crippen molar-refractivity contribution in [1.29, 1.82) is 0 Å². The van der Waals surface area contributed by atoms with E-state index >= 15 is 0 Å². The van der Waals surface area contributed by atoms with E-state index in [0.29, 0.717) is 16.4 Å². The monoisotopic (exact) mass is 376 g/mol. The average Bonchev–Trinajstić information content (AvgIpc) is 2.63. The molecule has 0 aliphatic carbocycles. The summed E-state index contributed by atoms with van der Waals surface area (Å²) in [5, 5.41) is 6.24. The molecule has 2 atom stereocenters. The third-order valence-corrected chi connectivity index (χ3v) is 4.31. The van der Waals surface area contributed by atoms with Crippen LogP contribution in [0.1, 0.15) is 6.92 Å². The van der Waals surface area contributed by atoms with E-state index in [4.69, 9.17) is 16.3 Å². The van der Waals surface area contributed by atoms with Crippen molar-refractivity contribution in [3.05, 3.63) is 53.6 Å². The van der Waals surface area contributed by atoms with Crippen LogP contribution in [0.5, 0.6) is 5.75 Å². The molecule has 6 nitrogen and oxygen atoms in total. The van der Waals surface area contributed by atoms with Crippen LogP contribution in [-0.4, -0.2) is 38.6 Å². The number of carbonyl (C=O) groups is 2. The molecule has 2 aromatic carbocycles. The van der Waals surface area contributed by atoms with E-state index in [0.717, 1.165) is 10.6 Å². The Morgan fingerprint density at radius 1 is 1.04 bits per heavy atom. The molecule has 138 valence electrons. The van der Waals surface area contributed by atoms with E-state index in [1.807, 2.05) is 0 Å². The lowest BCUT2D eigenvalue weighted by molar-refractivity contribution is -0.885. The van der Waals surface area contributed by atoms with Crippen LogP contribution >= 0.6 is 11.6 Å². The van der Waals surface area contributed by atoms with Gasteiger partial charge < -0.3 is 20.3 Å². The van der Waals surface area contributed by atoms with Crippen molar-refractivity contribution in [3.8, 4) is 5.75 Å². The number of anilines is 2. The fourth-order valence-electron chi connectivity index (χ4n) is 2.29. The normalized spacial score (nSPS) is 12.8. The number of amides is 2. The summed E-state index contributed by atoms with van der Waals surface area (Å²) in [6, 6.07) is 13.6. The van der Waals surface area contributed by atoms with Crippen LogP contribution in [0.15, 0.2) is 48.5 Å². The molecule has 0 fully saturated rings. The number of hydrogen-bond acceptors (Lipinski definition) is 3. The van der Waals surface area contributed by atoms with E-state index < -0.39 is 6.04 Å². The molecule has 0 aromatic heterocycles. The Balaban J connectivity index is 1.86. The smallest absolute Gasteiger partial charge is 0.282 e. The van der Waals surface area contributed by atoms with Crippen molar-refractivity contribution < 1.29 is 19.2 Å². The van der Waals surface area contributed by atoms with Crippen molar-refractivity contribution >= 4 is 34.8 Å². The number of hydrogen-bond donors (Lipinski definition) is 3. The average molecular weight is 377 g/mol. The number of quaternary nitrogens is 1. The van der Waals surface area contributed by atoms with Gasteiger partial charge in [-0.25, -0.2) is 0 Å². The third kappa shape index (κ3) is 5.75. The fraction of sp³-hybridized carbons (Fsp3) is 0.263. The van der Waals surface area contributed by atoms with Crippen LogP contribution in [0.2, 0.25) is 5.02 Å². The summed E-state index contributed by atoms with van der Waals surface area (Å²) < 4.78 is 5.08. The van der Waals surface area contributed by atoms with Crippen LogP contribution in [0, 0.1) is 0 Å². The lowest BCUT2D eigenvalue weighted by Gasteiger charge is -2.20. The highest BCUT2D eigenvalue weighted by atomic mass is 35.5. The molecule has 0 aliphatic heterocycles. The highest BCUT2D eigenvalue weighted by molar-refractivity contribution is 6.30. The van der Waals surface area contributed by atoms with Gasteiger partial charge in [0.2, 0.25) is 0 Å². The van der Waals surface area contributed by atoms with Crippen LogP contribution < -0.4 is 20.3 Å². The van der Waals surface area contributed by atoms with E-state index in [1.165, 1.54) is 0 Å². The van der Waals surface area contributed by atoms with Crippen molar-refractivity contribution in [2.24, 2.45) is 0 Å². The van der Waals surface area contributed by atoms with Gasteiger partial charge in [0.05, 0.1) is 14.2 Å². The van der Waals surface area contributed by atoms with Gasteiger partial charge in [-0.1, -0.05) is 11.6 Å². The minimum absolute atomic E-state index is 0.165. The molecular formula is C19H23ClN3O3+. The molecule has 0 heterocycles. The van der Waals surface area contributed by atoms with Gasteiger partial charge >= 0.3 is 0 Å². The van der Waals surface area contributed by atoms with Gasteiger partial charge in [0.1, 0.15) is 5.75 Å². The molecule has 26 heavy (non-hydrogen) atoms. The van der Waals surface area contributed by atoms with Gasteiger partial charge in [-0.3, -0.25) is 9.59 Å². The number of halogens is 1. The Labute approximate surface area is 158 Å². The Bertz CT molecular complexity index is 748. The van der Waals surface area contributed by atoms with E-state index in [9.17, 15) is 9.59 Å². The first-order chi connectivity index (χ1) is 12.4. The highest BCUT2D eigenvalue weighted by Gasteiger charge is 2.24. The first-order valence-electron chi connectivity index (χ1n) is 8.21. The zero-order valence-electron chi connectivity index (χ0n) is 15.0. The van der Waals surface area contributed by atoms with Crippen LogP contribution in [-0.2, 0) is 9.59 Å². The van der Waals surface area contributed by atoms with Crippen LogP contribution in [0.3, 0.4) is 0 Å². The second kappa shape index (κ2) is 9.22. The van der Waals surface area contributed by atoms with Gasteiger partial charge in [0.25, 0.3) is 11.8 Å². The number of nitrogens with one attached hydrogen (secondary N) is 3. The largest absolute Gasteiger partial charge is 0.497 e. The Morgan fingerprint density at radius 2 is 1.58 bits per heavy atom. The van der Waals surface area contributed by atoms with Gasteiger partial charge in [-0.05, 0) is 55.5 Å². The molecule has 0 bridgehead atoms. The van der Waals surface area contributed by atoms with Gasteiger partial charge in [0.15, 0.2) is 12.6 Å². The lowest BCUT2D eigenvalue weighted by Crippen LogP contribution is -3.14. The first-order valence-corrected chi connectivity index (χ1v) is 8.59. The molecule has 3 N–H and O–H groups in total. The van der Waals surface area contributed by atoms with Crippen molar-refractivity contribution in [3.63, 3.8) is 0 Å². The molecule has 1 unspecified atom stereocenters. The molecule has 2 aromatic rings. The number of rotatable bonds is 7. The first kappa shape index (κ1) is 19.8. The molecule has 0 radical (unpaired) electrons. The second-order valence-electron chi connectivity index (χ2n) is 6.02. The van der Waals surface area contributed by atoms with Gasteiger partial charge in [-0.2, -0.15) is 0 Å². The van der Waals surface area contributed by atoms with E-state index in [2.05, 4.69) is 10.6 Å². The second-order valence-corrected chi connectivity index (χ2v) is 6.45. The molecule has 0 aliphatic rings. The van der Waals surface area contributed by atoms with Gasteiger partial charge in [-0.15, -0.1) is 0 Å². The topological polar surface area (TPSA) is 71.9 Å². The molecule has 2 rings (SSSR count). The maximum Gasteiger partial charge on any atom is 0.282 e. The number of benzene rings is 2. The van der Waals surface area contributed by atoms with Crippen molar-refractivity contribution in [2.45, 2.75) is 13.0 Å². The number of methoxy groups -OCH3 is 1. The molecular weight excluding hydrogens is 354 g/mol. The molecule has 2 amide bonds. The zero-order valence-corrected chi connectivity index (χ0v) is 15.8. The molecule has 0 spiro atoms. The zero-order chi connectivity index (χ0) is 19.1. The highest BCUT2D eigenvalue weighted by Crippen LogP contribution is 2.15. The van der Waals surface area contributed by atoms with Crippen molar-refractivity contribution in [1.82, 2.24) is 0 Å². The molecule has 0 saturated carbocycles. The quantitative estimate of drug-likeness (QED) is 0.690. The van der Waals surface area contributed by atoms with Crippen LogP contribution in [0.25, 0.3) is 0 Å². The maximum atomic E-state index is 12.3. The summed E-state index contributed by atoms with van der Waals surface area (Å²) in [6.45, 7) is 1.95. The summed E-state index contributed by atoms with van der Waals surface area (Å²) in [5.74, 6) is 0.388. The third-order valence-electron chi connectivity index (χ3n) is 4.06. The number of likely N-dealkylation sites (N-methyl/N-ethyl adjacent to an activating group) is 1. The Kier molecular flexibility index (Phi) is 7.00. The maximum absolute atomic E-state index is 12.3. The molecule has 7 heteroatoms. The minimum Gasteiger partial charge on any atom is -0.497 e. The van der Waals surface area contributed by atoms with Crippen molar-refractivity contribution in [2.75, 3.05) is 31.3 Å². The van der Waals surface area contributed by atoms with E-state index in [1.54, 1.807) is 69.6 Å². The fourth-order valence-corrected chi connectivity index (χ4v) is 2.42. The molecule has 0 saturated heterocycles. The number of carbonyl (C=O) groups excluding carboxylic acids is 2. The standard InChI is InChI=1S/C19H22ClN3O3/c1-13(19(25)22-16-6-4-14(20)5-7-16)23(2)12-18(24)21-15-8-10-17(26-3)11-9-15/h4-11,13H,12H2,1-3H3,(H,21,24)(H,22,25)/p+1/t13-/m0/s1. The summed E-state index contributed by atoms with van der Waals surface area (Å²) in [5.41, 5.74) is 1.35. The Hall–Kier alpha value is -2.57. The minimum atomic E-state index is -0.396. The Morgan fingerprint density at radius 3 is 2.15 bits per heavy atom. The number of ether oxygens (including phenoxy) is 1. The SMILES string of the molecule is COc1ccc(NC(=O)C[NH+](C)[C@@H](C)C(=O)Nc2ccc(Cl)cc2)cc1. The van der Waals surface area contributed by atoms with E-state index in [-0.39, 0.29) is 18.4 Å². The summed E-state index contributed by atoms with van der Waals surface area (Å²) in [4.78, 5) is 25.3. The summed E-state index contributed by atoms with van der Waals surface area (Å²) in [7, 11) is 3.39. The van der Waals surface area contributed by atoms with Gasteiger partial charge in [0, 0.05) is 16.4 Å². The predicted molar refractivity (Wildman–Crippen MR) is 103 cm³/mol. The van der Waals surface area contributed by atoms with Crippen LogP contribution in [0.4, 0.5) is 11.4 Å². The summed E-state index contributed by atoms with van der Waals surface area (Å²) in [6.07, 6.45) is 0. The summed E-state index contributed by atoms with van der Waals surface area (Å²) >= 11 is 5.83. The predicted octanol–water partition coefficient (Wildman–Crippen LogP) is 1.83. The lowest BCUT2D eigenvalue weighted by atomic mass is 10.2.